The minimum atomic E-state index is 0.861. The molecule has 0 radical (unpaired) electrons. The van der Waals surface area contributed by atoms with E-state index in [0.717, 1.165) is 248 Å². The first-order valence-corrected chi connectivity index (χ1v) is 54.7. The standard InChI is InChI=1S/C123H196N2/c1-11-21-31-40-49-58-59-60-61-62-63-64-65-66-67-68-69-70-71-72-81-90-99-109-121(125-123-111-113(101-92-83-74-51-42-33-23-13-3)115(103-94-85-76-53-44-35-25-15-5)117(105-96-87-78-55-46-37-27-17-7)119(123)107-98-89-80-57-48-39-29-19-9)120(108-30-20-10)124-122-110-112(100-91-82-73-50-41-32-22-12-2)114(102-93-84-75-52-43-34-24-14-4)116(104-95-86-77-54-45-36-26-16-6)118(122)106-97-88-79-56-47-38-28-18-8/h99,109-111H,11-49,58-72,81-98,100-108H2,1-10H3/b109-99+,124-120?,125-121?. The Labute approximate surface area is 780 Å². The van der Waals surface area contributed by atoms with Crippen LogP contribution in [-0.2, 0) is 51.4 Å². The van der Waals surface area contributed by atoms with E-state index >= 15 is 0 Å². The Kier molecular flexibility index (Phi) is 84.1. The van der Waals surface area contributed by atoms with Crippen molar-refractivity contribution in [2.45, 2.75) is 589 Å². The summed E-state index contributed by atoms with van der Waals surface area (Å²) in [6.07, 6.45) is 99.3. The van der Waals surface area contributed by atoms with Crippen molar-refractivity contribution < 1.29 is 0 Å². The maximum atomic E-state index is 6.37. The Balaban J connectivity index is 3.36. The van der Waals surface area contributed by atoms with Gasteiger partial charge in [-0.15, -0.1) is 94.7 Å². The first-order chi connectivity index (χ1) is 61.9. The molecule has 125 heavy (non-hydrogen) atoms. The first-order valence-electron chi connectivity index (χ1n) is 54.7. The van der Waals surface area contributed by atoms with Gasteiger partial charge >= 0.3 is 0 Å². The molecule has 2 heteroatoms. The van der Waals surface area contributed by atoms with Crippen LogP contribution in [0.1, 0.15) is 582 Å². The number of rotatable bonds is 77. The summed E-state index contributed by atoms with van der Waals surface area (Å²) < 4.78 is 0. The highest BCUT2D eigenvalue weighted by molar-refractivity contribution is 6.47. The van der Waals surface area contributed by atoms with E-state index in [2.05, 4.69) is 188 Å². The number of unbranched alkanes of at least 4 members (excludes halogenated alkanes) is 54. The first kappa shape index (κ1) is 115. The second-order valence-electron chi connectivity index (χ2n) is 36.7. The van der Waals surface area contributed by atoms with Crippen LogP contribution in [0.25, 0.3) is 0 Å². The second kappa shape index (κ2) is 91.3. The van der Waals surface area contributed by atoms with Gasteiger partial charge < -0.3 is 0 Å². The maximum Gasteiger partial charge on any atom is 0.0848 e. The summed E-state index contributed by atoms with van der Waals surface area (Å²) in [5.41, 5.74) is 16.6. The highest BCUT2D eigenvalue weighted by atomic mass is 14.8. The Morgan fingerprint density at radius 1 is 0.200 bits per heavy atom. The summed E-state index contributed by atoms with van der Waals surface area (Å²) in [4.78, 5) is 12.7. The fourth-order valence-corrected chi connectivity index (χ4v) is 17.1. The Morgan fingerprint density at radius 3 is 0.656 bits per heavy atom. The van der Waals surface area contributed by atoms with Gasteiger partial charge in [0.2, 0.25) is 0 Å². The van der Waals surface area contributed by atoms with Crippen LogP contribution in [0.3, 0.4) is 0 Å². The van der Waals surface area contributed by atoms with Gasteiger partial charge in [0, 0.05) is 103 Å². The van der Waals surface area contributed by atoms with Crippen LogP contribution in [0.15, 0.2) is 34.3 Å². The van der Waals surface area contributed by atoms with Crippen LogP contribution in [0, 0.1) is 94.7 Å². The van der Waals surface area contributed by atoms with Gasteiger partial charge in [0.1, 0.15) is 0 Å². The van der Waals surface area contributed by atoms with Gasteiger partial charge in [0.25, 0.3) is 0 Å². The van der Waals surface area contributed by atoms with E-state index in [1.165, 1.54) is 317 Å². The third kappa shape index (κ3) is 66.1. The molecule has 0 N–H and O–H groups in total. The molecule has 0 fully saturated rings. The lowest BCUT2D eigenvalue weighted by Crippen LogP contribution is -2.14. The molecule has 2 rings (SSSR count). The SMILES string of the molecule is CCCCCC#CCCCc1cc(N=C(/C=C/CCCCCCCCCCCCCCCCCCCCCCC)C(CCCC)=Nc2cc(CCCC#CCCCCC)c(CCCC#CCCCCC)c(CCCC#CCCCCC)c2CCCC#CCCCCC)c(CCCC#CCCCCC)c(CCCC#CCCCCC)c1CCCC#CCCCCC. The van der Waals surface area contributed by atoms with Crippen molar-refractivity contribution in [3.05, 3.63) is 68.8 Å². The molecule has 0 spiro atoms. The summed E-state index contributed by atoms with van der Waals surface area (Å²) in [7, 11) is 0. The van der Waals surface area contributed by atoms with Crippen molar-refractivity contribution in [2.24, 2.45) is 9.98 Å². The number of hydrogen-bond donors (Lipinski definition) is 0. The molecule has 0 heterocycles. The Hall–Kier alpha value is -6.00. The molecular weight excluding hydrogens is 1510 g/mol. The van der Waals surface area contributed by atoms with Crippen molar-refractivity contribution in [3.8, 4) is 94.7 Å². The number of aryl methyl sites for hydroxylation is 2. The van der Waals surface area contributed by atoms with Gasteiger partial charge in [0.05, 0.1) is 22.8 Å². The number of nitrogens with zero attached hydrogens (tertiary/aromatic N) is 2. The average Bonchev–Trinajstić information content (AvgIpc) is 0.787. The minimum absolute atomic E-state index is 0.861. The van der Waals surface area contributed by atoms with Crippen molar-refractivity contribution in [3.63, 3.8) is 0 Å². The topological polar surface area (TPSA) is 24.7 Å². The summed E-state index contributed by atoms with van der Waals surface area (Å²) in [6, 6.07) is 5.23. The predicted molar refractivity (Wildman–Crippen MR) is 562 cm³/mol. The summed E-state index contributed by atoms with van der Waals surface area (Å²) in [5.74, 6) is 58.5. The van der Waals surface area contributed by atoms with Gasteiger partial charge in [-0.25, -0.2) is 4.99 Å². The van der Waals surface area contributed by atoms with Crippen molar-refractivity contribution >= 4 is 22.8 Å². The van der Waals surface area contributed by atoms with Crippen LogP contribution in [-0.4, -0.2) is 11.4 Å². The fourth-order valence-electron chi connectivity index (χ4n) is 17.1. The van der Waals surface area contributed by atoms with E-state index in [0.29, 0.717) is 0 Å². The highest BCUT2D eigenvalue weighted by Crippen LogP contribution is 2.38. The van der Waals surface area contributed by atoms with E-state index in [4.69, 9.17) is 9.98 Å². The molecule has 0 amide bonds. The molecule has 2 aromatic rings. The molecule has 0 saturated carbocycles. The van der Waals surface area contributed by atoms with Gasteiger partial charge in [-0.1, -0.05) is 313 Å². The van der Waals surface area contributed by atoms with E-state index in [1.807, 2.05) is 0 Å². The van der Waals surface area contributed by atoms with Crippen LogP contribution in [0.4, 0.5) is 11.4 Å². The van der Waals surface area contributed by atoms with Crippen molar-refractivity contribution in [2.75, 3.05) is 0 Å². The van der Waals surface area contributed by atoms with Gasteiger partial charge in [0.15, 0.2) is 0 Å². The highest BCUT2D eigenvalue weighted by Gasteiger charge is 2.23. The van der Waals surface area contributed by atoms with Crippen LogP contribution in [0.5, 0.6) is 0 Å². The number of aliphatic imine (C=N–C) groups is 2. The van der Waals surface area contributed by atoms with Gasteiger partial charge in [-0.05, 0) is 242 Å². The molecule has 2 nitrogen and oxygen atoms in total. The van der Waals surface area contributed by atoms with Crippen molar-refractivity contribution in [1.29, 1.82) is 0 Å². The largest absolute Gasteiger partial charge is 0.251 e. The summed E-state index contributed by atoms with van der Waals surface area (Å²) in [5, 5.41) is 0. The third-order valence-electron chi connectivity index (χ3n) is 24.9. The molecule has 0 atom stereocenters. The predicted octanol–water partition coefficient (Wildman–Crippen LogP) is 38.1. The molecule has 0 aliphatic rings. The molecule has 0 aliphatic carbocycles. The molecule has 0 unspecified atom stereocenters. The maximum absolute atomic E-state index is 6.37. The van der Waals surface area contributed by atoms with Crippen LogP contribution in [0.2, 0.25) is 0 Å². The molecular formula is C123H196N2. The zero-order valence-corrected chi connectivity index (χ0v) is 84.5. The number of allylic oxidation sites excluding steroid dienone is 2. The van der Waals surface area contributed by atoms with E-state index in [1.54, 1.807) is 22.3 Å². The van der Waals surface area contributed by atoms with E-state index < -0.39 is 0 Å². The van der Waals surface area contributed by atoms with Gasteiger partial charge in [-0.3, -0.25) is 4.99 Å². The van der Waals surface area contributed by atoms with E-state index in [9.17, 15) is 0 Å². The summed E-state index contributed by atoms with van der Waals surface area (Å²) >= 11 is 0. The molecule has 0 saturated heterocycles. The van der Waals surface area contributed by atoms with Crippen LogP contribution >= 0.6 is 0 Å². The minimum Gasteiger partial charge on any atom is -0.251 e. The lowest BCUT2D eigenvalue weighted by molar-refractivity contribution is 0.520. The molecule has 2 aromatic carbocycles. The fraction of sp³-hybridized carbons (Fsp3) is 0.740. The van der Waals surface area contributed by atoms with Crippen LogP contribution < -0.4 is 0 Å². The number of hydrogen-bond acceptors (Lipinski definition) is 2. The summed E-state index contributed by atoms with van der Waals surface area (Å²) in [6.45, 7) is 23.1. The normalized spacial score (nSPS) is 11.2. The van der Waals surface area contributed by atoms with E-state index in [-0.39, 0.29) is 0 Å². The molecule has 698 valence electrons. The Bertz CT molecular complexity index is 3550. The molecule has 0 aromatic heterocycles. The second-order valence-corrected chi connectivity index (χ2v) is 36.7. The molecule has 0 aliphatic heterocycles. The molecule has 0 bridgehead atoms. The lowest BCUT2D eigenvalue weighted by Gasteiger charge is -2.23. The third-order valence-corrected chi connectivity index (χ3v) is 24.9. The lowest BCUT2D eigenvalue weighted by atomic mass is 9.84. The van der Waals surface area contributed by atoms with Gasteiger partial charge in [-0.2, -0.15) is 0 Å². The monoisotopic (exact) mass is 1700 g/mol. The Morgan fingerprint density at radius 2 is 0.400 bits per heavy atom. The smallest absolute Gasteiger partial charge is 0.0848 e. The average molecular weight is 1700 g/mol. The quantitative estimate of drug-likeness (QED) is 0.0358. The van der Waals surface area contributed by atoms with Crippen molar-refractivity contribution in [1.82, 2.24) is 0 Å². The zero-order valence-electron chi connectivity index (χ0n) is 84.5. The number of benzene rings is 2. The zero-order chi connectivity index (χ0) is 89.8.